The fourth-order valence-corrected chi connectivity index (χ4v) is 5.75. The van der Waals surface area contributed by atoms with Crippen LogP contribution in [0.2, 0.25) is 0 Å². The number of aliphatic hydroxyl groups is 3. The van der Waals surface area contributed by atoms with Gasteiger partial charge in [-0.3, -0.25) is 4.98 Å². The van der Waals surface area contributed by atoms with E-state index >= 15 is 0 Å². The van der Waals surface area contributed by atoms with Gasteiger partial charge in [-0.05, 0) is 12.1 Å². The van der Waals surface area contributed by atoms with Crippen LogP contribution in [0.1, 0.15) is 11.9 Å². The summed E-state index contributed by atoms with van der Waals surface area (Å²) in [5, 5.41) is 41.9. The van der Waals surface area contributed by atoms with Gasteiger partial charge in [0, 0.05) is 35.1 Å². The van der Waals surface area contributed by atoms with Gasteiger partial charge in [0.05, 0.1) is 12.8 Å². The molecule has 1 aliphatic heterocycles. The molecule has 0 unspecified atom stereocenters. The van der Waals surface area contributed by atoms with Crippen LogP contribution in [0, 0.1) is 0 Å². The molecule has 0 amide bonds. The van der Waals surface area contributed by atoms with E-state index in [0.29, 0.717) is 21.4 Å². The van der Waals surface area contributed by atoms with Crippen LogP contribution in [0.5, 0.6) is 0 Å². The second-order valence-electron chi connectivity index (χ2n) is 7.51. The van der Waals surface area contributed by atoms with Crippen molar-refractivity contribution in [3.63, 3.8) is 0 Å². The number of aromatic amines is 1. The summed E-state index contributed by atoms with van der Waals surface area (Å²) in [6.45, 7) is -0.741. The van der Waals surface area contributed by atoms with Gasteiger partial charge in [0.15, 0.2) is 15.8 Å². The summed E-state index contributed by atoms with van der Waals surface area (Å²) < 4.78 is 7.20. The Balaban J connectivity index is 1.64. The molecule has 12 nitrogen and oxygen atoms in total. The Morgan fingerprint density at radius 3 is 2.85 bits per heavy atom. The minimum atomic E-state index is -2.00. The number of thioether (sulfide) groups is 1. The van der Waals surface area contributed by atoms with Crippen molar-refractivity contribution in [1.82, 2.24) is 34.9 Å². The topological polar surface area (TPSA) is 181 Å². The van der Waals surface area contributed by atoms with Crippen LogP contribution in [0.15, 0.2) is 53.4 Å². The summed E-state index contributed by atoms with van der Waals surface area (Å²) in [7, 11) is 0. The molecule has 15 heteroatoms. The first-order valence-electron chi connectivity index (χ1n) is 9.93. The van der Waals surface area contributed by atoms with Gasteiger partial charge >= 0.3 is 0 Å². The van der Waals surface area contributed by atoms with E-state index in [2.05, 4.69) is 30.2 Å². The average molecular weight is 523 g/mol. The smallest absolute Gasteiger partial charge is 0.194 e. The van der Waals surface area contributed by atoms with Crippen LogP contribution in [-0.2, 0) is 10.3 Å². The normalized spacial score (nSPS) is 29.4. The summed E-state index contributed by atoms with van der Waals surface area (Å²) in [5.41, 5.74) is 3.44. The minimum absolute atomic E-state index is 0.101. The molecule has 5 atom stereocenters. The molecule has 1 saturated heterocycles. The molecule has 4 aromatic rings. The van der Waals surface area contributed by atoms with Crippen LogP contribution in [0.25, 0.3) is 11.4 Å². The van der Waals surface area contributed by atoms with Crippen LogP contribution in [0.4, 0.5) is 5.13 Å². The SMILES string of the molecule is Nc1nc(-c2cn([C@H]3[C@@H](O)[C@@](Cl)(CO)O[C@H](Sc4cccnc4)[C@@]3(O)c3ncc[nH]3)nn2)cs1. The molecule has 0 spiro atoms. The molecule has 5 rings (SSSR count). The highest BCUT2D eigenvalue weighted by Gasteiger charge is 2.64. The predicted octanol–water partition coefficient (Wildman–Crippen LogP) is 0.968. The molecule has 1 fully saturated rings. The molecule has 4 aromatic heterocycles. The summed E-state index contributed by atoms with van der Waals surface area (Å²) >= 11 is 8.89. The third-order valence-electron chi connectivity index (χ3n) is 5.40. The summed E-state index contributed by atoms with van der Waals surface area (Å²) in [6, 6.07) is 2.23. The van der Waals surface area contributed by atoms with Crippen molar-refractivity contribution in [1.29, 1.82) is 0 Å². The van der Waals surface area contributed by atoms with Gasteiger partial charge < -0.3 is 30.8 Å². The highest BCUT2D eigenvalue weighted by Crippen LogP contribution is 2.53. The molecule has 5 heterocycles. The standard InChI is InChI=1S/C19H19ClN8O4S2/c20-18(9-29)14(30)13(28-7-11(26-27-28)12-8-33-17(21)25-12)19(31,15-23-4-5-24-15)16(32-18)34-10-2-1-3-22-6-10/h1-8,13-14,16,29-31H,9H2,(H2,21,25)(H,23,24)/t13-,14+,16+,18+,19-/m0/s1. The van der Waals surface area contributed by atoms with Crippen LogP contribution in [-0.4, -0.2) is 73.5 Å². The quantitative estimate of drug-likeness (QED) is 0.227. The number of nitrogens with two attached hydrogens (primary N) is 1. The number of aliphatic hydroxyl groups excluding tert-OH is 2. The van der Waals surface area contributed by atoms with Gasteiger partial charge in [-0.25, -0.2) is 14.6 Å². The Labute approximate surface area is 205 Å². The van der Waals surface area contributed by atoms with E-state index in [0.717, 1.165) is 11.8 Å². The van der Waals surface area contributed by atoms with Crippen LogP contribution in [0.3, 0.4) is 0 Å². The lowest BCUT2D eigenvalue weighted by Gasteiger charge is -2.51. The fraction of sp³-hybridized carbons (Fsp3) is 0.316. The number of rotatable bonds is 6. The van der Waals surface area contributed by atoms with Crippen LogP contribution < -0.4 is 5.73 Å². The number of nitrogens with one attached hydrogen (secondary N) is 1. The van der Waals surface area contributed by atoms with E-state index < -0.39 is 34.8 Å². The van der Waals surface area contributed by atoms with E-state index in [1.165, 1.54) is 34.6 Å². The van der Waals surface area contributed by atoms with E-state index in [9.17, 15) is 15.3 Å². The molecule has 0 aromatic carbocycles. The number of aromatic nitrogens is 7. The monoisotopic (exact) mass is 522 g/mol. The molecule has 0 aliphatic carbocycles. The maximum atomic E-state index is 12.2. The van der Waals surface area contributed by atoms with E-state index in [-0.39, 0.29) is 5.82 Å². The molecule has 0 radical (unpaired) electrons. The van der Waals surface area contributed by atoms with E-state index in [1.54, 1.807) is 29.9 Å². The maximum absolute atomic E-state index is 12.2. The lowest BCUT2D eigenvalue weighted by molar-refractivity contribution is -0.248. The highest BCUT2D eigenvalue weighted by molar-refractivity contribution is 7.99. The van der Waals surface area contributed by atoms with Gasteiger partial charge in [0.2, 0.25) is 0 Å². The molecule has 0 saturated carbocycles. The van der Waals surface area contributed by atoms with Crippen molar-refractivity contribution in [2.45, 2.75) is 33.1 Å². The van der Waals surface area contributed by atoms with Crippen molar-refractivity contribution in [3.05, 3.63) is 54.3 Å². The minimum Gasteiger partial charge on any atom is -0.392 e. The molecule has 1 aliphatic rings. The van der Waals surface area contributed by atoms with Crippen LogP contribution >= 0.6 is 34.7 Å². The number of nitrogen functional groups attached to an aromatic ring is 1. The largest absolute Gasteiger partial charge is 0.392 e. The Kier molecular flexibility index (Phi) is 6.05. The maximum Gasteiger partial charge on any atom is 0.194 e. The molecule has 178 valence electrons. The fourth-order valence-electron chi connectivity index (χ4n) is 3.76. The number of nitrogens with zero attached hydrogens (tertiary/aromatic N) is 6. The van der Waals surface area contributed by atoms with E-state index in [4.69, 9.17) is 22.1 Å². The first-order valence-corrected chi connectivity index (χ1v) is 12.1. The Morgan fingerprint density at radius 2 is 2.21 bits per heavy atom. The second kappa shape index (κ2) is 8.88. The third kappa shape index (κ3) is 3.86. The van der Waals surface area contributed by atoms with Gasteiger partial charge in [0.25, 0.3) is 0 Å². The highest BCUT2D eigenvalue weighted by atomic mass is 35.5. The number of H-pyrrole nitrogens is 1. The number of imidazole rings is 1. The lowest BCUT2D eigenvalue weighted by atomic mass is 9.84. The third-order valence-corrected chi connectivity index (χ3v) is 7.69. The van der Waals surface area contributed by atoms with Crippen molar-refractivity contribution in [3.8, 4) is 11.4 Å². The number of anilines is 1. The first-order chi connectivity index (χ1) is 16.3. The first kappa shape index (κ1) is 23.2. The molecule has 6 N–H and O–H groups in total. The number of thiazole rings is 1. The number of alkyl halides is 1. The zero-order valence-electron chi connectivity index (χ0n) is 17.3. The van der Waals surface area contributed by atoms with Crippen molar-refractivity contribution in [2.24, 2.45) is 0 Å². The van der Waals surface area contributed by atoms with Crippen molar-refractivity contribution >= 4 is 39.8 Å². The zero-order valence-corrected chi connectivity index (χ0v) is 19.7. The number of hydrogen-bond donors (Lipinski definition) is 5. The average Bonchev–Trinajstić information content (AvgIpc) is 3.60. The molecule has 34 heavy (non-hydrogen) atoms. The Bertz CT molecular complexity index is 1260. The Morgan fingerprint density at radius 1 is 1.35 bits per heavy atom. The number of pyridine rings is 1. The summed E-state index contributed by atoms with van der Waals surface area (Å²) in [4.78, 5) is 16.1. The molecular weight excluding hydrogens is 504 g/mol. The van der Waals surface area contributed by atoms with Crippen molar-refractivity contribution < 1.29 is 20.1 Å². The van der Waals surface area contributed by atoms with Gasteiger partial charge in [-0.1, -0.05) is 28.6 Å². The van der Waals surface area contributed by atoms with Crippen molar-refractivity contribution in [2.75, 3.05) is 12.3 Å². The van der Waals surface area contributed by atoms with E-state index in [1.807, 2.05) is 0 Å². The second-order valence-corrected chi connectivity index (χ2v) is 10.2. The summed E-state index contributed by atoms with van der Waals surface area (Å²) in [6.07, 6.45) is 6.06. The number of halogens is 1. The molecule has 0 bridgehead atoms. The molecular formula is C19H19ClN8O4S2. The number of ether oxygens (including phenoxy) is 1. The summed E-state index contributed by atoms with van der Waals surface area (Å²) in [5.74, 6) is 0.101. The predicted molar refractivity (Wildman–Crippen MR) is 124 cm³/mol. The number of hydrogen-bond acceptors (Lipinski definition) is 12. The van der Waals surface area contributed by atoms with Gasteiger partial charge in [-0.15, -0.1) is 16.4 Å². The Hall–Kier alpha value is -2.59. The lowest BCUT2D eigenvalue weighted by Crippen LogP contribution is -2.65. The van der Waals surface area contributed by atoms with Gasteiger partial charge in [-0.2, -0.15) is 0 Å². The van der Waals surface area contributed by atoms with Gasteiger partial charge in [0.1, 0.15) is 34.8 Å². The zero-order chi connectivity index (χ0) is 23.9.